The molecule has 3 nitrogen and oxygen atoms in total. The summed E-state index contributed by atoms with van der Waals surface area (Å²) in [4.78, 5) is 2.48. The van der Waals surface area contributed by atoms with Gasteiger partial charge in [-0.3, -0.25) is 4.90 Å². The molecule has 0 unspecified atom stereocenters. The van der Waals surface area contributed by atoms with E-state index >= 15 is 0 Å². The average Bonchev–Trinajstić information content (AvgIpc) is 2.59. The van der Waals surface area contributed by atoms with Gasteiger partial charge < -0.3 is 9.47 Å². The molecular formula is C20H26ClNO2. The maximum absolute atomic E-state index is 6.04. The van der Waals surface area contributed by atoms with Gasteiger partial charge in [-0.15, -0.1) is 12.4 Å². The Labute approximate surface area is 151 Å². The van der Waals surface area contributed by atoms with Crippen LogP contribution in [-0.4, -0.2) is 31.1 Å². The second kappa shape index (κ2) is 9.55. The fraction of sp³-hybridized carbons (Fsp3) is 0.400. The van der Waals surface area contributed by atoms with E-state index in [0.29, 0.717) is 6.61 Å². The molecule has 2 aromatic rings. The zero-order valence-electron chi connectivity index (χ0n) is 14.2. The summed E-state index contributed by atoms with van der Waals surface area (Å²) < 4.78 is 12.0. The van der Waals surface area contributed by atoms with Gasteiger partial charge in [-0.1, -0.05) is 36.8 Å². The molecule has 1 aliphatic rings. The number of halogens is 1. The Balaban J connectivity index is 0.00000208. The Hall–Kier alpha value is -1.71. The molecular weight excluding hydrogens is 322 g/mol. The Bertz CT molecular complexity index is 627. The average molecular weight is 348 g/mol. The summed E-state index contributed by atoms with van der Waals surface area (Å²) in [6.45, 7) is 6.14. The molecule has 0 amide bonds. The van der Waals surface area contributed by atoms with Crippen LogP contribution in [0.2, 0.25) is 0 Å². The van der Waals surface area contributed by atoms with E-state index in [1.54, 1.807) is 0 Å². The molecule has 1 aliphatic heterocycles. The first-order valence-corrected chi connectivity index (χ1v) is 8.50. The van der Waals surface area contributed by atoms with Crippen molar-refractivity contribution in [2.45, 2.75) is 26.2 Å². The molecule has 2 aromatic carbocycles. The highest BCUT2D eigenvalue weighted by atomic mass is 35.5. The van der Waals surface area contributed by atoms with Crippen molar-refractivity contribution in [3.63, 3.8) is 0 Å². The van der Waals surface area contributed by atoms with Crippen molar-refractivity contribution < 1.29 is 9.47 Å². The molecule has 3 rings (SSSR count). The minimum absolute atomic E-state index is 0. The van der Waals surface area contributed by atoms with E-state index in [2.05, 4.69) is 17.9 Å². The van der Waals surface area contributed by atoms with Crippen molar-refractivity contribution in [1.82, 2.24) is 4.90 Å². The lowest BCUT2D eigenvalue weighted by molar-refractivity contribution is 0.181. The van der Waals surface area contributed by atoms with Gasteiger partial charge >= 0.3 is 0 Å². The summed E-state index contributed by atoms with van der Waals surface area (Å²) >= 11 is 0. The number of hydrogen-bond acceptors (Lipinski definition) is 3. The number of nitrogens with zero attached hydrogens (tertiary/aromatic N) is 1. The fourth-order valence-corrected chi connectivity index (χ4v) is 2.91. The molecule has 1 heterocycles. The number of benzene rings is 2. The standard InChI is InChI=1S/C20H25NO2.ClH/c1-17-9-3-4-10-18(17)23-20-12-6-5-11-19(20)22-16-15-21-13-7-2-8-14-21;/h3-6,9-12H,2,7-8,13-16H2,1H3;1H. The van der Waals surface area contributed by atoms with Gasteiger partial charge in [-0.05, 0) is 56.6 Å². The molecule has 0 spiro atoms. The van der Waals surface area contributed by atoms with E-state index in [0.717, 1.165) is 29.4 Å². The van der Waals surface area contributed by atoms with Crippen molar-refractivity contribution in [1.29, 1.82) is 0 Å². The molecule has 130 valence electrons. The largest absolute Gasteiger partial charge is 0.488 e. The van der Waals surface area contributed by atoms with Crippen molar-refractivity contribution >= 4 is 12.4 Å². The second-order valence-corrected chi connectivity index (χ2v) is 6.07. The molecule has 0 aliphatic carbocycles. The quantitative estimate of drug-likeness (QED) is 0.727. The van der Waals surface area contributed by atoms with E-state index in [4.69, 9.17) is 9.47 Å². The Morgan fingerprint density at radius 3 is 2.17 bits per heavy atom. The van der Waals surface area contributed by atoms with E-state index in [1.165, 1.54) is 32.4 Å². The maximum atomic E-state index is 6.04. The molecule has 1 saturated heterocycles. The summed E-state index contributed by atoms with van der Waals surface area (Å²) in [6.07, 6.45) is 3.99. The predicted molar refractivity (Wildman–Crippen MR) is 101 cm³/mol. The van der Waals surface area contributed by atoms with Gasteiger partial charge in [-0.2, -0.15) is 0 Å². The smallest absolute Gasteiger partial charge is 0.169 e. The summed E-state index contributed by atoms with van der Waals surface area (Å²) in [5, 5.41) is 0. The number of rotatable bonds is 6. The normalized spacial score (nSPS) is 14.7. The first kappa shape index (κ1) is 18.6. The van der Waals surface area contributed by atoms with Gasteiger partial charge in [0.1, 0.15) is 12.4 Å². The molecule has 4 heteroatoms. The highest BCUT2D eigenvalue weighted by molar-refractivity contribution is 5.85. The summed E-state index contributed by atoms with van der Waals surface area (Å²) in [7, 11) is 0. The van der Waals surface area contributed by atoms with Crippen LogP contribution in [0.3, 0.4) is 0 Å². The van der Waals surface area contributed by atoms with Crippen LogP contribution in [0, 0.1) is 6.92 Å². The van der Waals surface area contributed by atoms with Crippen LogP contribution in [0.25, 0.3) is 0 Å². The zero-order chi connectivity index (χ0) is 15.9. The lowest BCUT2D eigenvalue weighted by atomic mass is 10.1. The molecule has 0 aromatic heterocycles. The number of piperidine rings is 1. The minimum atomic E-state index is 0. The predicted octanol–water partition coefficient (Wildman–Crippen LogP) is 5.07. The third kappa shape index (κ3) is 5.15. The topological polar surface area (TPSA) is 21.7 Å². The van der Waals surface area contributed by atoms with Crippen LogP contribution in [0.4, 0.5) is 0 Å². The monoisotopic (exact) mass is 347 g/mol. The van der Waals surface area contributed by atoms with Gasteiger partial charge in [0, 0.05) is 6.54 Å². The molecule has 0 atom stereocenters. The van der Waals surface area contributed by atoms with Crippen LogP contribution in [0.1, 0.15) is 24.8 Å². The number of hydrogen-bond donors (Lipinski definition) is 0. The Kier molecular flexibility index (Phi) is 7.41. The molecule has 24 heavy (non-hydrogen) atoms. The zero-order valence-corrected chi connectivity index (χ0v) is 15.1. The van der Waals surface area contributed by atoms with Gasteiger partial charge in [-0.25, -0.2) is 0 Å². The number of aryl methyl sites for hydroxylation is 1. The number of para-hydroxylation sites is 3. The van der Waals surface area contributed by atoms with E-state index in [1.807, 2.05) is 42.5 Å². The van der Waals surface area contributed by atoms with E-state index < -0.39 is 0 Å². The third-order valence-corrected chi connectivity index (χ3v) is 4.28. The Morgan fingerprint density at radius 2 is 1.46 bits per heavy atom. The second-order valence-electron chi connectivity index (χ2n) is 6.07. The fourth-order valence-electron chi connectivity index (χ4n) is 2.91. The van der Waals surface area contributed by atoms with Crippen LogP contribution in [-0.2, 0) is 0 Å². The van der Waals surface area contributed by atoms with Crippen molar-refractivity contribution in [3.05, 3.63) is 54.1 Å². The van der Waals surface area contributed by atoms with Crippen LogP contribution in [0.15, 0.2) is 48.5 Å². The first-order valence-electron chi connectivity index (χ1n) is 8.50. The molecule has 0 saturated carbocycles. The van der Waals surface area contributed by atoms with E-state index in [-0.39, 0.29) is 12.4 Å². The van der Waals surface area contributed by atoms with E-state index in [9.17, 15) is 0 Å². The summed E-state index contributed by atoms with van der Waals surface area (Å²) in [5.74, 6) is 2.47. The van der Waals surface area contributed by atoms with Gasteiger partial charge in [0.15, 0.2) is 11.5 Å². The highest BCUT2D eigenvalue weighted by Crippen LogP contribution is 2.32. The SMILES string of the molecule is Cc1ccccc1Oc1ccccc1OCCN1CCCCC1.Cl. The van der Waals surface area contributed by atoms with Crippen molar-refractivity contribution in [2.75, 3.05) is 26.2 Å². The van der Waals surface area contributed by atoms with Crippen molar-refractivity contribution in [2.24, 2.45) is 0 Å². The Morgan fingerprint density at radius 1 is 0.833 bits per heavy atom. The number of ether oxygens (including phenoxy) is 2. The third-order valence-electron chi connectivity index (χ3n) is 4.28. The summed E-state index contributed by atoms with van der Waals surface area (Å²) in [6, 6.07) is 15.9. The molecule has 0 radical (unpaired) electrons. The molecule has 0 bridgehead atoms. The number of likely N-dealkylation sites (tertiary alicyclic amines) is 1. The lowest BCUT2D eigenvalue weighted by Gasteiger charge is -2.26. The maximum Gasteiger partial charge on any atom is 0.169 e. The highest BCUT2D eigenvalue weighted by Gasteiger charge is 2.11. The van der Waals surface area contributed by atoms with Crippen LogP contribution < -0.4 is 9.47 Å². The molecule has 1 fully saturated rings. The van der Waals surface area contributed by atoms with Gasteiger partial charge in [0.05, 0.1) is 0 Å². The van der Waals surface area contributed by atoms with Crippen LogP contribution in [0.5, 0.6) is 17.2 Å². The molecule has 0 N–H and O–H groups in total. The van der Waals surface area contributed by atoms with Gasteiger partial charge in [0.2, 0.25) is 0 Å². The lowest BCUT2D eigenvalue weighted by Crippen LogP contribution is -2.33. The van der Waals surface area contributed by atoms with Crippen LogP contribution >= 0.6 is 12.4 Å². The first-order chi connectivity index (χ1) is 11.3. The van der Waals surface area contributed by atoms with Gasteiger partial charge in [0.25, 0.3) is 0 Å². The van der Waals surface area contributed by atoms with Crippen molar-refractivity contribution in [3.8, 4) is 17.2 Å². The summed E-state index contributed by atoms with van der Waals surface area (Å²) in [5.41, 5.74) is 1.12. The minimum Gasteiger partial charge on any atom is -0.488 e.